The normalized spacial score (nSPS) is 11.2. The van der Waals surface area contributed by atoms with Gasteiger partial charge < -0.3 is 9.88 Å². The Balaban J connectivity index is 1.77. The van der Waals surface area contributed by atoms with E-state index in [9.17, 15) is 0 Å². The molecule has 5 heteroatoms. The maximum atomic E-state index is 4.35. The van der Waals surface area contributed by atoms with Crippen LogP contribution in [0.5, 0.6) is 0 Å². The summed E-state index contributed by atoms with van der Waals surface area (Å²) < 4.78 is 2.17. The lowest BCUT2D eigenvalue weighted by molar-refractivity contribution is 0.526. The second-order valence-electron chi connectivity index (χ2n) is 5.35. The highest BCUT2D eigenvalue weighted by molar-refractivity contribution is 5.25. The first kappa shape index (κ1) is 13.6. The average molecular weight is 261 g/mol. The summed E-state index contributed by atoms with van der Waals surface area (Å²) in [5.74, 6) is 1.60. The van der Waals surface area contributed by atoms with Gasteiger partial charge in [0.15, 0.2) is 0 Å². The van der Waals surface area contributed by atoms with Gasteiger partial charge in [0.2, 0.25) is 5.95 Å². The van der Waals surface area contributed by atoms with Crippen LogP contribution in [0.2, 0.25) is 0 Å². The second-order valence-corrected chi connectivity index (χ2v) is 5.35. The average Bonchev–Trinajstić information content (AvgIpc) is 2.94. The monoisotopic (exact) mass is 261 g/mol. The molecule has 2 heterocycles. The van der Waals surface area contributed by atoms with Crippen LogP contribution in [0.3, 0.4) is 0 Å². The number of hydrogen-bond acceptors (Lipinski definition) is 3. The number of H-pyrrole nitrogens is 1. The third-order valence-corrected chi connectivity index (χ3v) is 3.12. The van der Waals surface area contributed by atoms with Crippen LogP contribution in [0.15, 0.2) is 18.6 Å². The summed E-state index contributed by atoms with van der Waals surface area (Å²) in [6.07, 6.45) is 7.91. The van der Waals surface area contributed by atoms with E-state index >= 15 is 0 Å². The third-order valence-electron chi connectivity index (χ3n) is 3.12. The maximum Gasteiger partial charge on any atom is 0.202 e. The summed E-state index contributed by atoms with van der Waals surface area (Å²) in [4.78, 5) is 4.35. The molecule has 104 valence electrons. The smallest absolute Gasteiger partial charge is 0.202 e. The van der Waals surface area contributed by atoms with Gasteiger partial charge in [-0.2, -0.15) is 5.10 Å². The predicted octanol–water partition coefficient (Wildman–Crippen LogP) is 2.62. The molecule has 2 rings (SSSR count). The highest BCUT2D eigenvalue weighted by Gasteiger charge is 2.04. The predicted molar refractivity (Wildman–Crippen MR) is 77.2 cm³/mol. The van der Waals surface area contributed by atoms with Gasteiger partial charge in [0, 0.05) is 31.2 Å². The molecular formula is C14H23N5. The molecule has 0 aliphatic rings. The van der Waals surface area contributed by atoms with Crippen molar-refractivity contribution in [3.8, 4) is 0 Å². The van der Waals surface area contributed by atoms with E-state index in [1.807, 2.05) is 18.6 Å². The van der Waals surface area contributed by atoms with Crippen LogP contribution in [-0.2, 0) is 13.0 Å². The van der Waals surface area contributed by atoms with Gasteiger partial charge in [0.25, 0.3) is 0 Å². The molecule has 2 aromatic heterocycles. The van der Waals surface area contributed by atoms with E-state index in [0.29, 0.717) is 5.92 Å². The highest BCUT2D eigenvalue weighted by Crippen LogP contribution is 2.09. The molecule has 0 aromatic carbocycles. The molecule has 0 amide bonds. The van der Waals surface area contributed by atoms with Crippen LogP contribution in [0.1, 0.15) is 31.5 Å². The maximum absolute atomic E-state index is 4.35. The fraction of sp³-hybridized carbons (Fsp3) is 0.571. The van der Waals surface area contributed by atoms with E-state index in [4.69, 9.17) is 0 Å². The zero-order valence-electron chi connectivity index (χ0n) is 12.0. The van der Waals surface area contributed by atoms with E-state index in [2.05, 4.69) is 45.8 Å². The first-order valence-corrected chi connectivity index (χ1v) is 6.90. The van der Waals surface area contributed by atoms with Crippen molar-refractivity contribution < 1.29 is 0 Å². The van der Waals surface area contributed by atoms with E-state index in [-0.39, 0.29) is 0 Å². The Morgan fingerprint density at radius 3 is 2.95 bits per heavy atom. The number of anilines is 1. The molecule has 0 atom stereocenters. The van der Waals surface area contributed by atoms with Crippen molar-refractivity contribution >= 4 is 5.95 Å². The first-order chi connectivity index (χ1) is 9.16. The SMILES string of the molecule is Cc1[nH]ncc1CCCNc1nccn1CC(C)C. The minimum Gasteiger partial charge on any atom is -0.356 e. The molecule has 0 fully saturated rings. The van der Waals surface area contributed by atoms with Gasteiger partial charge >= 0.3 is 0 Å². The molecule has 5 nitrogen and oxygen atoms in total. The van der Waals surface area contributed by atoms with Crippen molar-refractivity contribution in [3.63, 3.8) is 0 Å². The van der Waals surface area contributed by atoms with Crippen molar-refractivity contribution in [2.75, 3.05) is 11.9 Å². The standard InChI is InChI=1S/C14H23N5/c1-11(2)10-19-8-7-16-14(19)15-6-4-5-13-9-17-18-12(13)3/h7-9,11H,4-6,10H2,1-3H3,(H,15,16)(H,17,18). The summed E-state index contributed by atoms with van der Waals surface area (Å²) in [6, 6.07) is 0. The van der Waals surface area contributed by atoms with Crippen molar-refractivity contribution in [2.45, 2.75) is 40.2 Å². The van der Waals surface area contributed by atoms with Gasteiger partial charge in [-0.25, -0.2) is 4.98 Å². The van der Waals surface area contributed by atoms with Crippen molar-refractivity contribution in [2.24, 2.45) is 5.92 Å². The second kappa shape index (κ2) is 6.41. The molecule has 0 saturated heterocycles. The zero-order valence-corrected chi connectivity index (χ0v) is 12.0. The lowest BCUT2D eigenvalue weighted by Crippen LogP contribution is -2.11. The summed E-state index contributed by atoms with van der Waals surface area (Å²) in [5, 5.41) is 10.4. The molecule has 2 N–H and O–H groups in total. The van der Waals surface area contributed by atoms with Gasteiger partial charge in [0.05, 0.1) is 6.20 Å². The fourth-order valence-electron chi connectivity index (χ4n) is 2.12. The highest BCUT2D eigenvalue weighted by atomic mass is 15.2. The Bertz CT molecular complexity index is 497. The number of nitrogens with zero attached hydrogens (tertiary/aromatic N) is 3. The Labute approximate surface area is 114 Å². The van der Waals surface area contributed by atoms with E-state index in [1.165, 1.54) is 11.3 Å². The minimum absolute atomic E-state index is 0.628. The lowest BCUT2D eigenvalue weighted by atomic mass is 10.1. The number of aromatic amines is 1. The number of imidazole rings is 1. The lowest BCUT2D eigenvalue weighted by Gasteiger charge is -2.11. The summed E-state index contributed by atoms with van der Waals surface area (Å²) in [7, 11) is 0. The summed E-state index contributed by atoms with van der Waals surface area (Å²) >= 11 is 0. The zero-order chi connectivity index (χ0) is 13.7. The van der Waals surface area contributed by atoms with Crippen LogP contribution >= 0.6 is 0 Å². The molecular weight excluding hydrogens is 238 g/mol. The Kier molecular flexibility index (Phi) is 4.60. The molecule has 0 bridgehead atoms. The number of hydrogen-bond donors (Lipinski definition) is 2. The summed E-state index contributed by atoms with van der Waals surface area (Å²) in [6.45, 7) is 8.42. The van der Waals surface area contributed by atoms with Crippen LogP contribution in [0.4, 0.5) is 5.95 Å². The van der Waals surface area contributed by atoms with Gasteiger partial charge in [0.1, 0.15) is 0 Å². The topological polar surface area (TPSA) is 58.5 Å². The van der Waals surface area contributed by atoms with Crippen LogP contribution in [0, 0.1) is 12.8 Å². The molecule has 19 heavy (non-hydrogen) atoms. The van der Waals surface area contributed by atoms with Gasteiger partial charge in [-0.15, -0.1) is 0 Å². The van der Waals surface area contributed by atoms with Gasteiger partial charge in [-0.05, 0) is 31.2 Å². The molecule has 0 aliphatic heterocycles. The number of aromatic nitrogens is 4. The summed E-state index contributed by atoms with van der Waals surface area (Å²) in [5.41, 5.74) is 2.47. The van der Waals surface area contributed by atoms with Crippen molar-refractivity contribution in [1.29, 1.82) is 0 Å². The minimum atomic E-state index is 0.628. The van der Waals surface area contributed by atoms with Crippen LogP contribution in [-0.4, -0.2) is 26.3 Å². The van der Waals surface area contributed by atoms with E-state index in [0.717, 1.165) is 31.9 Å². The fourth-order valence-corrected chi connectivity index (χ4v) is 2.12. The van der Waals surface area contributed by atoms with Crippen LogP contribution < -0.4 is 5.32 Å². The molecule has 0 spiro atoms. The molecule has 2 aromatic rings. The molecule has 0 unspecified atom stereocenters. The Hall–Kier alpha value is -1.78. The number of aryl methyl sites for hydroxylation is 2. The number of rotatable bonds is 7. The van der Waals surface area contributed by atoms with Crippen molar-refractivity contribution in [3.05, 3.63) is 29.8 Å². The largest absolute Gasteiger partial charge is 0.356 e. The molecule has 0 aliphatic carbocycles. The third kappa shape index (κ3) is 3.84. The van der Waals surface area contributed by atoms with Gasteiger partial charge in [-0.3, -0.25) is 5.10 Å². The first-order valence-electron chi connectivity index (χ1n) is 6.90. The molecule has 0 saturated carbocycles. The number of nitrogens with one attached hydrogen (secondary N) is 2. The molecule has 0 radical (unpaired) electrons. The van der Waals surface area contributed by atoms with Gasteiger partial charge in [-0.1, -0.05) is 13.8 Å². The Morgan fingerprint density at radius 1 is 1.42 bits per heavy atom. The Morgan fingerprint density at radius 2 is 2.26 bits per heavy atom. The van der Waals surface area contributed by atoms with Crippen molar-refractivity contribution in [1.82, 2.24) is 19.7 Å². The van der Waals surface area contributed by atoms with E-state index < -0.39 is 0 Å². The van der Waals surface area contributed by atoms with Crippen LogP contribution in [0.25, 0.3) is 0 Å². The quantitative estimate of drug-likeness (QED) is 0.753. The van der Waals surface area contributed by atoms with E-state index in [1.54, 1.807) is 0 Å².